The molecular weight excluding hydrogens is 262 g/mol. The topological polar surface area (TPSA) is 55.6 Å². The van der Waals surface area contributed by atoms with Crippen LogP contribution < -0.4 is 5.32 Å². The van der Waals surface area contributed by atoms with Gasteiger partial charge in [-0.15, -0.1) is 5.10 Å². The van der Waals surface area contributed by atoms with Crippen LogP contribution in [0.1, 0.15) is 45.4 Å². The van der Waals surface area contributed by atoms with Crippen molar-refractivity contribution in [2.45, 2.75) is 51.5 Å². The van der Waals surface area contributed by atoms with Crippen LogP contribution in [-0.2, 0) is 0 Å². The number of hydrogen-bond acceptors (Lipinski definition) is 4. The van der Waals surface area contributed by atoms with Crippen molar-refractivity contribution in [1.82, 2.24) is 20.2 Å². The van der Waals surface area contributed by atoms with Crippen molar-refractivity contribution in [3.8, 4) is 5.69 Å². The second kappa shape index (κ2) is 6.70. The monoisotopic (exact) mass is 285 g/mol. The van der Waals surface area contributed by atoms with Crippen LogP contribution in [0.25, 0.3) is 5.69 Å². The van der Waals surface area contributed by atoms with Crippen LogP contribution in [0.15, 0.2) is 30.6 Å². The average Bonchev–Trinajstić information content (AvgIpc) is 2.95. The van der Waals surface area contributed by atoms with Crippen molar-refractivity contribution in [3.63, 3.8) is 0 Å². The highest BCUT2D eigenvalue weighted by Gasteiger charge is 2.18. The summed E-state index contributed by atoms with van der Waals surface area (Å²) in [5.74, 6) is 0.909. The fourth-order valence-corrected chi connectivity index (χ4v) is 3.22. The van der Waals surface area contributed by atoms with Crippen LogP contribution >= 0.6 is 0 Å². The third-order valence-corrected chi connectivity index (χ3v) is 4.53. The maximum atomic E-state index is 4.00. The Hall–Kier alpha value is -1.91. The van der Waals surface area contributed by atoms with Gasteiger partial charge in [-0.05, 0) is 47.7 Å². The molecule has 2 atom stereocenters. The number of rotatable bonds is 4. The molecule has 1 fully saturated rings. The third-order valence-electron chi connectivity index (χ3n) is 4.53. The second-order valence-electron chi connectivity index (χ2n) is 5.90. The number of para-hydroxylation sites is 2. The van der Waals surface area contributed by atoms with Gasteiger partial charge in [0.1, 0.15) is 6.33 Å². The number of tetrazole rings is 1. The molecule has 2 unspecified atom stereocenters. The number of nitrogens with one attached hydrogen (secondary N) is 1. The average molecular weight is 285 g/mol. The number of hydrogen-bond donors (Lipinski definition) is 1. The van der Waals surface area contributed by atoms with E-state index in [0.717, 1.165) is 17.3 Å². The van der Waals surface area contributed by atoms with Gasteiger partial charge in [0, 0.05) is 6.04 Å². The summed E-state index contributed by atoms with van der Waals surface area (Å²) in [7, 11) is 0. The van der Waals surface area contributed by atoms with Crippen molar-refractivity contribution in [1.29, 1.82) is 0 Å². The summed E-state index contributed by atoms with van der Waals surface area (Å²) in [5, 5.41) is 15.2. The molecule has 0 spiro atoms. The molecule has 5 nitrogen and oxygen atoms in total. The van der Waals surface area contributed by atoms with E-state index >= 15 is 0 Å². The summed E-state index contributed by atoms with van der Waals surface area (Å²) in [6, 6.07) is 8.78. The van der Waals surface area contributed by atoms with Gasteiger partial charge in [-0.1, -0.05) is 38.3 Å². The Morgan fingerprint density at radius 3 is 2.90 bits per heavy atom. The fourth-order valence-electron chi connectivity index (χ4n) is 3.22. The standard InChI is InChI=1S/C16H23N5/c1-2-13-6-5-7-14(11-10-13)18-15-8-3-4-9-16(15)21-12-17-19-20-21/h3-4,8-9,12-14,18H,2,5-7,10-11H2,1H3. The number of benzene rings is 1. The summed E-state index contributed by atoms with van der Waals surface area (Å²) in [4.78, 5) is 0. The minimum atomic E-state index is 0.555. The summed E-state index contributed by atoms with van der Waals surface area (Å²) in [5.41, 5.74) is 2.13. The lowest BCUT2D eigenvalue weighted by Crippen LogP contribution is -2.19. The SMILES string of the molecule is CCC1CCCC(Nc2ccccc2-n2cnnn2)CC1. The summed E-state index contributed by atoms with van der Waals surface area (Å²) in [6.45, 7) is 2.31. The minimum Gasteiger partial charge on any atom is -0.381 e. The van der Waals surface area contributed by atoms with Crippen molar-refractivity contribution < 1.29 is 0 Å². The molecule has 0 aliphatic heterocycles. The molecule has 112 valence electrons. The smallest absolute Gasteiger partial charge is 0.143 e. The van der Waals surface area contributed by atoms with E-state index in [9.17, 15) is 0 Å². The van der Waals surface area contributed by atoms with Crippen molar-refractivity contribution in [2.75, 3.05) is 5.32 Å². The van der Waals surface area contributed by atoms with Gasteiger partial charge in [0.25, 0.3) is 0 Å². The fraction of sp³-hybridized carbons (Fsp3) is 0.562. The molecule has 1 aromatic heterocycles. The molecule has 0 amide bonds. The normalized spacial score (nSPS) is 22.7. The first-order valence-electron chi connectivity index (χ1n) is 7.95. The Morgan fingerprint density at radius 1 is 1.19 bits per heavy atom. The Kier molecular flexibility index (Phi) is 4.48. The van der Waals surface area contributed by atoms with Crippen LogP contribution in [-0.4, -0.2) is 26.2 Å². The molecule has 21 heavy (non-hydrogen) atoms. The molecule has 1 heterocycles. The van der Waals surface area contributed by atoms with Gasteiger partial charge in [0.15, 0.2) is 0 Å². The summed E-state index contributed by atoms with van der Waals surface area (Å²) >= 11 is 0. The van der Waals surface area contributed by atoms with Gasteiger partial charge in [0.05, 0.1) is 11.4 Å². The largest absolute Gasteiger partial charge is 0.381 e. The van der Waals surface area contributed by atoms with E-state index in [-0.39, 0.29) is 0 Å². The molecule has 0 saturated heterocycles. The van der Waals surface area contributed by atoms with Crippen LogP contribution in [0.3, 0.4) is 0 Å². The van der Waals surface area contributed by atoms with Crippen LogP contribution in [0.2, 0.25) is 0 Å². The quantitative estimate of drug-likeness (QED) is 0.874. The molecule has 0 radical (unpaired) electrons. The minimum absolute atomic E-state index is 0.555. The van der Waals surface area contributed by atoms with E-state index in [1.807, 2.05) is 12.1 Å². The first-order chi connectivity index (χ1) is 10.4. The molecule has 1 saturated carbocycles. The Bertz CT molecular complexity index is 552. The number of aromatic nitrogens is 4. The highest BCUT2D eigenvalue weighted by Crippen LogP contribution is 2.28. The lowest BCUT2D eigenvalue weighted by Gasteiger charge is -2.20. The van der Waals surface area contributed by atoms with Crippen molar-refractivity contribution in [2.24, 2.45) is 5.92 Å². The van der Waals surface area contributed by atoms with Gasteiger partial charge in [-0.3, -0.25) is 0 Å². The number of anilines is 1. The maximum absolute atomic E-state index is 4.00. The molecule has 2 aromatic rings. The van der Waals surface area contributed by atoms with Gasteiger partial charge in [-0.25, -0.2) is 0 Å². The molecule has 5 heteroatoms. The summed E-state index contributed by atoms with van der Waals surface area (Å²) in [6.07, 6.45) is 9.49. The van der Waals surface area contributed by atoms with E-state index in [4.69, 9.17) is 0 Å². The predicted octanol–water partition coefficient (Wildman–Crippen LogP) is 3.43. The highest BCUT2D eigenvalue weighted by atomic mass is 15.5. The van der Waals surface area contributed by atoms with Crippen LogP contribution in [0.5, 0.6) is 0 Å². The van der Waals surface area contributed by atoms with E-state index < -0.39 is 0 Å². The number of nitrogens with zero attached hydrogens (tertiary/aromatic N) is 4. The molecule has 1 aliphatic carbocycles. The lowest BCUT2D eigenvalue weighted by atomic mass is 9.98. The zero-order valence-electron chi connectivity index (χ0n) is 12.6. The van der Waals surface area contributed by atoms with Gasteiger partial charge < -0.3 is 5.32 Å². The van der Waals surface area contributed by atoms with Crippen molar-refractivity contribution >= 4 is 5.69 Å². The Morgan fingerprint density at radius 2 is 2.10 bits per heavy atom. The van der Waals surface area contributed by atoms with Gasteiger partial charge in [0.2, 0.25) is 0 Å². The molecule has 1 aliphatic rings. The van der Waals surface area contributed by atoms with E-state index in [1.165, 1.54) is 38.5 Å². The summed E-state index contributed by atoms with van der Waals surface area (Å²) < 4.78 is 1.72. The van der Waals surface area contributed by atoms with E-state index in [0.29, 0.717) is 6.04 Å². The predicted molar refractivity (Wildman–Crippen MR) is 83.4 cm³/mol. The molecule has 3 rings (SSSR count). The van der Waals surface area contributed by atoms with Crippen LogP contribution in [0, 0.1) is 5.92 Å². The second-order valence-corrected chi connectivity index (χ2v) is 5.90. The zero-order valence-corrected chi connectivity index (χ0v) is 12.6. The zero-order chi connectivity index (χ0) is 14.5. The third kappa shape index (κ3) is 3.40. The van der Waals surface area contributed by atoms with E-state index in [1.54, 1.807) is 11.0 Å². The van der Waals surface area contributed by atoms with Gasteiger partial charge in [-0.2, -0.15) is 4.68 Å². The molecule has 1 N–H and O–H groups in total. The first kappa shape index (κ1) is 14.0. The molecule has 1 aromatic carbocycles. The molecule has 0 bridgehead atoms. The van der Waals surface area contributed by atoms with Gasteiger partial charge >= 0.3 is 0 Å². The first-order valence-corrected chi connectivity index (χ1v) is 7.95. The Balaban J connectivity index is 1.73. The maximum Gasteiger partial charge on any atom is 0.143 e. The van der Waals surface area contributed by atoms with Crippen molar-refractivity contribution in [3.05, 3.63) is 30.6 Å². The highest BCUT2D eigenvalue weighted by molar-refractivity contribution is 5.60. The molecular formula is C16H23N5. The van der Waals surface area contributed by atoms with Crippen LogP contribution in [0.4, 0.5) is 5.69 Å². The van der Waals surface area contributed by atoms with E-state index in [2.05, 4.69) is 39.9 Å². The lowest BCUT2D eigenvalue weighted by molar-refractivity contribution is 0.444. The Labute approximate surface area is 125 Å².